The van der Waals surface area contributed by atoms with E-state index in [1.54, 1.807) is 12.1 Å². The first-order chi connectivity index (χ1) is 8.33. The van der Waals surface area contributed by atoms with Crippen LogP contribution in [0.5, 0.6) is 0 Å². The normalized spacial score (nSPS) is 25.1. The molecule has 2 heterocycles. The largest absolute Gasteiger partial charge is 0.234 e. The molecule has 17 heavy (non-hydrogen) atoms. The monoisotopic (exact) mass is 232 g/mol. The van der Waals surface area contributed by atoms with Gasteiger partial charge in [0.15, 0.2) is 0 Å². The van der Waals surface area contributed by atoms with E-state index < -0.39 is 0 Å². The summed E-state index contributed by atoms with van der Waals surface area (Å²) < 4.78 is 13.1. The Bertz CT molecular complexity index is 430. The number of hydrogen-bond acceptors (Lipinski definition) is 2. The van der Waals surface area contributed by atoms with Gasteiger partial charge in [0.2, 0.25) is 0 Å². The Morgan fingerprint density at radius 3 is 3.18 bits per heavy atom. The van der Waals surface area contributed by atoms with Gasteiger partial charge in [0.25, 0.3) is 0 Å². The SMILES string of the molecule is Fc1cccc(CN2CC=C[C@@H]3CCCN32)c1. The summed E-state index contributed by atoms with van der Waals surface area (Å²) in [5.41, 5.74) is 1.05. The molecule has 0 aromatic heterocycles. The first kappa shape index (κ1) is 10.9. The third-order valence-corrected chi connectivity index (χ3v) is 3.56. The van der Waals surface area contributed by atoms with Gasteiger partial charge >= 0.3 is 0 Å². The maximum absolute atomic E-state index is 13.1. The van der Waals surface area contributed by atoms with Gasteiger partial charge in [-0.05, 0) is 30.5 Å². The predicted octanol–water partition coefficient (Wildman–Crippen LogP) is 2.58. The number of hydrogen-bond donors (Lipinski definition) is 0. The lowest BCUT2D eigenvalue weighted by molar-refractivity contribution is -0.0289. The average molecular weight is 232 g/mol. The molecule has 1 fully saturated rings. The molecule has 3 rings (SSSR count). The molecule has 0 saturated carbocycles. The van der Waals surface area contributed by atoms with Gasteiger partial charge in [-0.25, -0.2) is 14.4 Å². The van der Waals surface area contributed by atoms with Crippen LogP contribution >= 0.6 is 0 Å². The highest BCUT2D eigenvalue weighted by Gasteiger charge is 2.29. The fourth-order valence-electron chi connectivity index (χ4n) is 2.77. The van der Waals surface area contributed by atoms with Crippen LogP contribution in [0.15, 0.2) is 36.4 Å². The third kappa shape index (κ3) is 2.26. The summed E-state index contributed by atoms with van der Waals surface area (Å²) >= 11 is 0. The molecule has 0 amide bonds. The van der Waals surface area contributed by atoms with E-state index in [9.17, 15) is 4.39 Å². The molecule has 2 nitrogen and oxygen atoms in total. The van der Waals surface area contributed by atoms with Gasteiger partial charge in [0.1, 0.15) is 5.82 Å². The van der Waals surface area contributed by atoms with Crippen LogP contribution in [0.3, 0.4) is 0 Å². The number of nitrogens with zero attached hydrogens (tertiary/aromatic N) is 2. The lowest BCUT2D eigenvalue weighted by Crippen LogP contribution is -2.46. The minimum absolute atomic E-state index is 0.145. The maximum Gasteiger partial charge on any atom is 0.123 e. The van der Waals surface area contributed by atoms with Crippen molar-refractivity contribution in [3.8, 4) is 0 Å². The molecule has 0 unspecified atom stereocenters. The molecule has 1 aromatic rings. The lowest BCUT2D eigenvalue weighted by atomic mass is 10.1. The van der Waals surface area contributed by atoms with Crippen molar-refractivity contribution in [2.45, 2.75) is 25.4 Å². The molecule has 1 atom stereocenters. The first-order valence-corrected chi connectivity index (χ1v) is 6.25. The predicted molar refractivity (Wildman–Crippen MR) is 65.7 cm³/mol. The zero-order chi connectivity index (χ0) is 11.7. The molecule has 0 spiro atoms. The molecule has 0 N–H and O–H groups in total. The van der Waals surface area contributed by atoms with Crippen molar-refractivity contribution in [3.05, 3.63) is 47.8 Å². The standard InChI is InChI=1S/C14H17FN2/c15-13-5-1-4-12(10-13)11-16-8-2-6-14-7-3-9-17(14)16/h1-2,4-6,10,14H,3,7-9,11H2/t14-/m1/s1. The Hall–Kier alpha value is -1.19. The van der Waals surface area contributed by atoms with Crippen LogP contribution in [-0.2, 0) is 6.54 Å². The van der Waals surface area contributed by atoms with Crippen molar-refractivity contribution in [2.24, 2.45) is 0 Å². The van der Waals surface area contributed by atoms with Gasteiger partial charge < -0.3 is 0 Å². The Balaban J connectivity index is 1.74. The van der Waals surface area contributed by atoms with Gasteiger partial charge in [-0.2, -0.15) is 0 Å². The number of rotatable bonds is 2. The van der Waals surface area contributed by atoms with Gasteiger partial charge in [-0.15, -0.1) is 0 Å². The van der Waals surface area contributed by atoms with Crippen LogP contribution in [0.4, 0.5) is 4.39 Å². The molecule has 0 aliphatic carbocycles. The summed E-state index contributed by atoms with van der Waals surface area (Å²) in [4.78, 5) is 0. The minimum atomic E-state index is -0.145. The fraction of sp³-hybridized carbons (Fsp3) is 0.429. The highest BCUT2D eigenvalue weighted by atomic mass is 19.1. The van der Waals surface area contributed by atoms with Crippen LogP contribution in [0, 0.1) is 5.82 Å². The van der Waals surface area contributed by atoms with E-state index >= 15 is 0 Å². The molecule has 3 heteroatoms. The summed E-state index contributed by atoms with van der Waals surface area (Å²) in [6, 6.07) is 7.47. The zero-order valence-electron chi connectivity index (χ0n) is 9.85. The van der Waals surface area contributed by atoms with Gasteiger partial charge in [0, 0.05) is 25.7 Å². The number of benzene rings is 1. The van der Waals surface area contributed by atoms with Crippen molar-refractivity contribution >= 4 is 0 Å². The van der Waals surface area contributed by atoms with Crippen molar-refractivity contribution in [1.29, 1.82) is 0 Å². The van der Waals surface area contributed by atoms with Crippen LogP contribution < -0.4 is 0 Å². The Kier molecular flexibility index (Phi) is 2.95. The first-order valence-electron chi connectivity index (χ1n) is 6.25. The second-order valence-electron chi connectivity index (χ2n) is 4.78. The molecule has 0 bridgehead atoms. The van der Waals surface area contributed by atoms with Gasteiger partial charge in [0.05, 0.1) is 0 Å². The van der Waals surface area contributed by atoms with Crippen molar-refractivity contribution < 1.29 is 4.39 Å². The van der Waals surface area contributed by atoms with Gasteiger partial charge in [-0.1, -0.05) is 24.3 Å². The molecule has 1 saturated heterocycles. The number of fused-ring (bicyclic) bond motifs is 1. The number of halogens is 1. The average Bonchev–Trinajstić information content (AvgIpc) is 2.78. The lowest BCUT2D eigenvalue weighted by Gasteiger charge is -2.37. The van der Waals surface area contributed by atoms with Crippen LogP contribution in [0.2, 0.25) is 0 Å². The fourth-order valence-corrected chi connectivity index (χ4v) is 2.77. The van der Waals surface area contributed by atoms with E-state index in [0.717, 1.165) is 25.2 Å². The van der Waals surface area contributed by atoms with Crippen molar-refractivity contribution in [3.63, 3.8) is 0 Å². The van der Waals surface area contributed by atoms with Crippen LogP contribution in [0.1, 0.15) is 18.4 Å². The highest BCUT2D eigenvalue weighted by molar-refractivity contribution is 5.16. The van der Waals surface area contributed by atoms with E-state index in [1.165, 1.54) is 18.9 Å². The second-order valence-corrected chi connectivity index (χ2v) is 4.78. The molecule has 2 aliphatic rings. The summed E-state index contributed by atoms with van der Waals surface area (Å²) in [5.74, 6) is -0.145. The van der Waals surface area contributed by atoms with E-state index in [1.807, 2.05) is 6.07 Å². The smallest absolute Gasteiger partial charge is 0.123 e. The van der Waals surface area contributed by atoms with Crippen molar-refractivity contribution in [2.75, 3.05) is 13.1 Å². The van der Waals surface area contributed by atoms with E-state index in [0.29, 0.717) is 6.04 Å². The molecule has 0 radical (unpaired) electrons. The van der Waals surface area contributed by atoms with Crippen molar-refractivity contribution in [1.82, 2.24) is 10.0 Å². The molecular formula is C14H17FN2. The van der Waals surface area contributed by atoms with E-state index in [4.69, 9.17) is 0 Å². The summed E-state index contributed by atoms with van der Waals surface area (Å²) in [5, 5.41) is 4.75. The quantitative estimate of drug-likeness (QED) is 0.723. The van der Waals surface area contributed by atoms with E-state index in [2.05, 4.69) is 22.2 Å². The number of hydrazine groups is 1. The Morgan fingerprint density at radius 1 is 1.35 bits per heavy atom. The molecular weight excluding hydrogens is 215 g/mol. The highest BCUT2D eigenvalue weighted by Crippen LogP contribution is 2.25. The summed E-state index contributed by atoms with van der Waals surface area (Å²) in [7, 11) is 0. The minimum Gasteiger partial charge on any atom is -0.234 e. The Labute approximate surface area is 101 Å². The maximum atomic E-state index is 13.1. The molecule has 1 aromatic carbocycles. The third-order valence-electron chi connectivity index (χ3n) is 3.56. The summed E-state index contributed by atoms with van der Waals surface area (Å²) in [6.07, 6.45) is 7.03. The second kappa shape index (κ2) is 4.59. The van der Waals surface area contributed by atoms with E-state index in [-0.39, 0.29) is 5.82 Å². The molecule has 2 aliphatic heterocycles. The topological polar surface area (TPSA) is 6.48 Å². The van der Waals surface area contributed by atoms with Crippen LogP contribution in [0.25, 0.3) is 0 Å². The van der Waals surface area contributed by atoms with Gasteiger partial charge in [-0.3, -0.25) is 0 Å². The summed E-state index contributed by atoms with van der Waals surface area (Å²) in [6.45, 7) is 2.87. The molecule has 90 valence electrons. The zero-order valence-corrected chi connectivity index (χ0v) is 9.85. The Morgan fingerprint density at radius 2 is 2.29 bits per heavy atom. The van der Waals surface area contributed by atoms with Crippen LogP contribution in [-0.4, -0.2) is 29.1 Å².